The number of carbonyl (C=O) groups is 2. The monoisotopic (exact) mass is 392 g/mol. The van der Waals surface area contributed by atoms with E-state index in [-0.39, 0.29) is 12.2 Å². The highest BCUT2D eigenvalue weighted by molar-refractivity contribution is 9.10. The fraction of sp³-hybridized carbons (Fsp3) is 0.385. The van der Waals surface area contributed by atoms with Crippen LogP contribution in [0, 0.1) is 0 Å². The van der Waals surface area contributed by atoms with Crippen LogP contribution < -0.4 is 4.74 Å². The van der Waals surface area contributed by atoms with Crippen LogP contribution in [0.4, 0.5) is 0 Å². The highest BCUT2D eigenvalue weighted by Gasteiger charge is 2.20. The number of carboxylic acids is 1. The number of ketones is 1. The van der Waals surface area contributed by atoms with Crippen molar-refractivity contribution in [2.75, 3.05) is 6.61 Å². The average Bonchev–Trinajstić information content (AvgIpc) is 2.35. The lowest BCUT2D eigenvalue weighted by Gasteiger charge is -2.10. The molecule has 1 rings (SSSR count). The third-order valence-corrected chi connectivity index (χ3v) is 3.68. The summed E-state index contributed by atoms with van der Waals surface area (Å²) in [6, 6.07) is 4.98. The number of alkyl halides is 1. The molecule has 0 saturated carbocycles. The number of benzene rings is 1. The minimum Gasteiger partial charge on any atom is -0.492 e. The molecule has 1 atom stereocenters. The molecule has 0 aliphatic heterocycles. The number of hydrogen-bond acceptors (Lipinski definition) is 3. The van der Waals surface area contributed by atoms with E-state index < -0.39 is 10.8 Å². The number of ether oxygens (including phenoxy) is 1. The first-order valence-corrected chi connectivity index (χ1v) is 7.49. The van der Waals surface area contributed by atoms with Gasteiger partial charge in [-0.25, -0.2) is 0 Å². The molecule has 1 aromatic rings. The van der Waals surface area contributed by atoms with Crippen LogP contribution in [0.25, 0.3) is 0 Å². The van der Waals surface area contributed by atoms with Gasteiger partial charge in [0, 0.05) is 5.56 Å². The number of Topliss-reactive ketones (excluding diaryl/α,β-unsaturated/α-hetero) is 1. The Bertz CT molecular complexity index is 474. The topological polar surface area (TPSA) is 63.6 Å². The lowest BCUT2D eigenvalue weighted by Crippen LogP contribution is -2.18. The van der Waals surface area contributed by atoms with Crippen LogP contribution >= 0.6 is 31.9 Å². The highest BCUT2D eigenvalue weighted by atomic mass is 79.9. The van der Waals surface area contributed by atoms with Crippen molar-refractivity contribution in [3.63, 3.8) is 0 Å². The van der Waals surface area contributed by atoms with E-state index in [2.05, 4.69) is 31.9 Å². The second-order valence-corrected chi connectivity index (χ2v) is 5.88. The van der Waals surface area contributed by atoms with Crippen molar-refractivity contribution in [1.82, 2.24) is 0 Å². The molecule has 0 saturated heterocycles. The third kappa shape index (κ3) is 4.95. The van der Waals surface area contributed by atoms with Crippen LogP contribution in [0.5, 0.6) is 5.75 Å². The van der Waals surface area contributed by atoms with Gasteiger partial charge in [-0.1, -0.05) is 22.9 Å². The molecule has 19 heavy (non-hydrogen) atoms. The van der Waals surface area contributed by atoms with Gasteiger partial charge in [-0.3, -0.25) is 9.59 Å². The molecule has 1 aromatic carbocycles. The largest absolute Gasteiger partial charge is 0.492 e. The maximum atomic E-state index is 12.0. The van der Waals surface area contributed by atoms with E-state index in [0.717, 1.165) is 6.42 Å². The molecule has 104 valence electrons. The second-order valence-electron chi connectivity index (χ2n) is 3.92. The maximum Gasteiger partial charge on any atom is 0.304 e. The molecule has 0 aliphatic rings. The summed E-state index contributed by atoms with van der Waals surface area (Å²) in [6.07, 6.45) is 0.653. The summed E-state index contributed by atoms with van der Waals surface area (Å²) >= 11 is 6.43. The van der Waals surface area contributed by atoms with Crippen LogP contribution in [-0.2, 0) is 4.79 Å². The standard InChI is InChI=1S/C13H14Br2O4/c1-2-5-19-11-4-3-8(6-9(11)14)13(18)10(15)7-12(16)17/h3-4,6,10H,2,5,7H2,1H3,(H,16,17). The molecule has 6 heteroatoms. The molecule has 0 radical (unpaired) electrons. The summed E-state index contributed by atoms with van der Waals surface area (Å²) in [5.41, 5.74) is 0.443. The van der Waals surface area contributed by atoms with E-state index >= 15 is 0 Å². The number of aliphatic carboxylic acids is 1. The number of rotatable bonds is 7. The maximum absolute atomic E-state index is 12.0. The quantitative estimate of drug-likeness (QED) is 0.567. The highest BCUT2D eigenvalue weighted by Crippen LogP contribution is 2.27. The van der Waals surface area contributed by atoms with Gasteiger partial charge in [-0.2, -0.15) is 0 Å². The minimum absolute atomic E-state index is 0.245. The van der Waals surface area contributed by atoms with Crippen LogP contribution in [0.1, 0.15) is 30.1 Å². The molecule has 1 unspecified atom stereocenters. The first-order valence-electron chi connectivity index (χ1n) is 5.78. The molecule has 0 heterocycles. The Kier molecular flexibility index (Phi) is 6.51. The molecular weight excluding hydrogens is 380 g/mol. The molecule has 0 spiro atoms. The fourth-order valence-electron chi connectivity index (χ4n) is 1.41. The molecule has 1 N–H and O–H groups in total. The normalized spacial score (nSPS) is 11.9. The van der Waals surface area contributed by atoms with Crippen LogP contribution in [0.2, 0.25) is 0 Å². The zero-order chi connectivity index (χ0) is 14.4. The first-order chi connectivity index (χ1) is 8.95. The summed E-state index contributed by atoms with van der Waals surface area (Å²) in [7, 11) is 0. The SMILES string of the molecule is CCCOc1ccc(C(=O)C(Br)CC(=O)O)cc1Br. The Morgan fingerprint density at radius 1 is 1.42 bits per heavy atom. The van der Waals surface area contributed by atoms with E-state index in [9.17, 15) is 9.59 Å². The number of carbonyl (C=O) groups excluding carboxylic acids is 1. The minimum atomic E-state index is -1.02. The Morgan fingerprint density at radius 3 is 2.63 bits per heavy atom. The van der Waals surface area contributed by atoms with Gasteiger partial charge in [0.1, 0.15) is 5.75 Å². The zero-order valence-electron chi connectivity index (χ0n) is 10.4. The fourth-order valence-corrected chi connectivity index (χ4v) is 2.44. The van der Waals surface area contributed by atoms with Crippen molar-refractivity contribution < 1.29 is 19.4 Å². The number of halogens is 2. The van der Waals surface area contributed by atoms with Crippen LogP contribution in [0.3, 0.4) is 0 Å². The molecule has 0 fully saturated rings. The van der Waals surface area contributed by atoms with E-state index in [1.54, 1.807) is 18.2 Å². The molecule has 4 nitrogen and oxygen atoms in total. The van der Waals surface area contributed by atoms with Gasteiger partial charge in [-0.15, -0.1) is 0 Å². The zero-order valence-corrected chi connectivity index (χ0v) is 13.5. The molecule has 0 aromatic heterocycles. The lowest BCUT2D eigenvalue weighted by atomic mass is 10.1. The number of carboxylic acid groups (broad SMARTS) is 1. The molecule has 0 bridgehead atoms. The Hall–Kier alpha value is -0.880. The van der Waals surface area contributed by atoms with Gasteiger partial charge in [0.25, 0.3) is 0 Å². The van der Waals surface area contributed by atoms with Gasteiger partial charge in [-0.05, 0) is 40.5 Å². The molecule has 0 aliphatic carbocycles. The van der Waals surface area contributed by atoms with Gasteiger partial charge in [0.2, 0.25) is 0 Å². The summed E-state index contributed by atoms with van der Waals surface area (Å²) in [5, 5.41) is 8.66. The average molecular weight is 394 g/mol. The van der Waals surface area contributed by atoms with E-state index in [1.165, 1.54) is 0 Å². The lowest BCUT2D eigenvalue weighted by molar-refractivity contribution is -0.136. The summed E-state index contributed by atoms with van der Waals surface area (Å²) in [6.45, 7) is 2.61. The van der Waals surface area contributed by atoms with E-state index in [0.29, 0.717) is 22.4 Å². The van der Waals surface area contributed by atoms with Crippen molar-refractivity contribution in [3.8, 4) is 5.75 Å². The predicted octanol–water partition coefficient (Wildman–Crippen LogP) is 3.66. The van der Waals surface area contributed by atoms with Crippen molar-refractivity contribution >= 4 is 43.6 Å². The van der Waals surface area contributed by atoms with Gasteiger partial charge in [0.15, 0.2) is 5.78 Å². The van der Waals surface area contributed by atoms with Crippen LogP contribution in [0.15, 0.2) is 22.7 Å². The summed E-state index contributed by atoms with van der Waals surface area (Å²) in [5.74, 6) is -0.606. The molecular formula is C13H14Br2O4. The van der Waals surface area contributed by atoms with Crippen molar-refractivity contribution in [3.05, 3.63) is 28.2 Å². The first kappa shape index (κ1) is 16.2. The third-order valence-electron chi connectivity index (χ3n) is 2.32. The van der Waals surface area contributed by atoms with Crippen molar-refractivity contribution in [2.45, 2.75) is 24.6 Å². The van der Waals surface area contributed by atoms with Crippen molar-refractivity contribution in [1.29, 1.82) is 0 Å². The van der Waals surface area contributed by atoms with Gasteiger partial charge in [0.05, 0.1) is 22.3 Å². The second kappa shape index (κ2) is 7.65. The van der Waals surface area contributed by atoms with E-state index in [4.69, 9.17) is 9.84 Å². The van der Waals surface area contributed by atoms with Gasteiger partial charge < -0.3 is 9.84 Å². The summed E-state index contributed by atoms with van der Waals surface area (Å²) in [4.78, 5) is 21.8. The van der Waals surface area contributed by atoms with Crippen molar-refractivity contribution in [2.24, 2.45) is 0 Å². The van der Waals surface area contributed by atoms with Gasteiger partial charge >= 0.3 is 5.97 Å². The Labute approximate surface area is 128 Å². The Morgan fingerprint density at radius 2 is 2.11 bits per heavy atom. The van der Waals surface area contributed by atoms with E-state index in [1.807, 2.05) is 6.92 Å². The smallest absolute Gasteiger partial charge is 0.304 e. The summed E-state index contributed by atoms with van der Waals surface area (Å²) < 4.78 is 6.16. The predicted molar refractivity (Wildman–Crippen MR) is 79.2 cm³/mol. The van der Waals surface area contributed by atoms with Crippen LogP contribution in [-0.4, -0.2) is 28.3 Å². The molecule has 0 amide bonds. The Balaban J connectivity index is 2.82. The number of hydrogen-bond donors (Lipinski definition) is 1.